The molecule has 6 nitrogen and oxygen atoms in total. The summed E-state index contributed by atoms with van der Waals surface area (Å²) in [4.78, 5) is 18.9. The van der Waals surface area contributed by atoms with Gasteiger partial charge in [0.2, 0.25) is 17.6 Å². The summed E-state index contributed by atoms with van der Waals surface area (Å²) in [5.41, 5.74) is 3.36. The normalized spacial score (nSPS) is 16.3. The van der Waals surface area contributed by atoms with Crippen molar-refractivity contribution in [1.29, 1.82) is 0 Å². The number of nitrogens with zero attached hydrogens (tertiary/aromatic N) is 3. The minimum Gasteiger partial charge on any atom is -0.494 e. The summed E-state index contributed by atoms with van der Waals surface area (Å²) in [5, 5.41) is 4.12. The van der Waals surface area contributed by atoms with Crippen molar-refractivity contribution in [2.45, 2.75) is 39.0 Å². The molecule has 1 unspecified atom stereocenters. The van der Waals surface area contributed by atoms with Crippen molar-refractivity contribution in [1.82, 2.24) is 15.0 Å². The van der Waals surface area contributed by atoms with E-state index in [1.54, 1.807) is 0 Å². The van der Waals surface area contributed by atoms with Crippen LogP contribution in [0, 0.1) is 6.92 Å². The molecule has 1 aromatic heterocycles. The van der Waals surface area contributed by atoms with Crippen LogP contribution in [0.25, 0.3) is 11.4 Å². The van der Waals surface area contributed by atoms with E-state index in [0.29, 0.717) is 37.8 Å². The van der Waals surface area contributed by atoms with Crippen LogP contribution in [-0.2, 0) is 11.2 Å². The van der Waals surface area contributed by atoms with Crippen molar-refractivity contribution in [2.24, 2.45) is 0 Å². The molecular weight excluding hydrogens is 378 g/mol. The molecule has 0 radical (unpaired) electrons. The zero-order valence-corrected chi connectivity index (χ0v) is 17.5. The fraction of sp³-hybridized carbons (Fsp3) is 0.375. The number of amides is 1. The van der Waals surface area contributed by atoms with Crippen molar-refractivity contribution in [3.63, 3.8) is 0 Å². The van der Waals surface area contributed by atoms with Gasteiger partial charge in [-0.05, 0) is 49.6 Å². The molecule has 30 heavy (non-hydrogen) atoms. The molecule has 0 bridgehead atoms. The van der Waals surface area contributed by atoms with Gasteiger partial charge in [0.25, 0.3) is 0 Å². The van der Waals surface area contributed by atoms with Gasteiger partial charge in [-0.1, -0.05) is 41.9 Å². The van der Waals surface area contributed by atoms with Gasteiger partial charge in [0, 0.05) is 25.1 Å². The van der Waals surface area contributed by atoms with Gasteiger partial charge in [0.05, 0.1) is 12.5 Å². The molecule has 1 aliphatic rings. The summed E-state index contributed by atoms with van der Waals surface area (Å²) < 4.78 is 11.1. The van der Waals surface area contributed by atoms with E-state index in [1.807, 2.05) is 29.2 Å². The highest BCUT2D eigenvalue weighted by atomic mass is 16.5. The standard InChI is InChI=1S/C24H27N3O3/c1-3-13-29-21-9-7-19(8-10-21)23-25-24(30-26-23)20-15-22(28)27(16-20)12-11-18-6-4-5-17(2)14-18/h4-10,14,20H,3,11-13,15-16H2,1-2H3. The highest BCUT2D eigenvalue weighted by Crippen LogP contribution is 2.29. The second kappa shape index (κ2) is 9.11. The van der Waals surface area contributed by atoms with E-state index in [-0.39, 0.29) is 11.8 Å². The lowest BCUT2D eigenvalue weighted by Gasteiger charge is -2.16. The van der Waals surface area contributed by atoms with Crippen LogP contribution in [-0.4, -0.2) is 40.6 Å². The Morgan fingerprint density at radius 1 is 1.20 bits per heavy atom. The molecule has 2 aromatic carbocycles. The topological polar surface area (TPSA) is 68.5 Å². The maximum Gasteiger partial charge on any atom is 0.232 e. The van der Waals surface area contributed by atoms with Crippen molar-refractivity contribution in [2.75, 3.05) is 19.7 Å². The lowest BCUT2D eigenvalue weighted by atomic mass is 10.1. The molecule has 0 saturated carbocycles. The number of aromatic nitrogens is 2. The van der Waals surface area contributed by atoms with E-state index in [0.717, 1.165) is 24.2 Å². The first-order chi connectivity index (χ1) is 14.6. The molecule has 0 N–H and O–H groups in total. The number of carbonyl (C=O) groups excluding carboxylic acids is 1. The Hall–Kier alpha value is -3.15. The molecule has 1 amide bonds. The molecule has 0 spiro atoms. The Morgan fingerprint density at radius 2 is 2.03 bits per heavy atom. The van der Waals surface area contributed by atoms with Crippen LogP contribution < -0.4 is 4.74 Å². The SMILES string of the molecule is CCCOc1ccc(-c2noc(C3CC(=O)N(CCc4cccc(C)c4)C3)n2)cc1. The molecule has 156 valence electrons. The molecule has 1 fully saturated rings. The quantitative estimate of drug-likeness (QED) is 0.556. The first kappa shape index (κ1) is 20.1. The molecule has 0 aliphatic carbocycles. The van der Waals surface area contributed by atoms with Gasteiger partial charge >= 0.3 is 0 Å². The van der Waals surface area contributed by atoms with Crippen molar-refractivity contribution >= 4 is 5.91 Å². The van der Waals surface area contributed by atoms with Gasteiger partial charge < -0.3 is 14.2 Å². The molecule has 4 rings (SSSR count). The Morgan fingerprint density at radius 3 is 2.80 bits per heavy atom. The number of carbonyl (C=O) groups is 1. The third kappa shape index (κ3) is 4.70. The Bertz CT molecular complexity index is 997. The molecule has 1 aliphatic heterocycles. The lowest BCUT2D eigenvalue weighted by Crippen LogP contribution is -2.27. The number of hydrogen-bond acceptors (Lipinski definition) is 5. The number of benzene rings is 2. The van der Waals surface area contributed by atoms with Gasteiger partial charge in [0.15, 0.2) is 0 Å². The molecular formula is C24H27N3O3. The second-order valence-electron chi connectivity index (χ2n) is 7.81. The second-order valence-corrected chi connectivity index (χ2v) is 7.81. The minimum absolute atomic E-state index is 0.0524. The summed E-state index contributed by atoms with van der Waals surface area (Å²) in [6.07, 6.45) is 2.24. The Balaban J connectivity index is 1.37. The first-order valence-corrected chi connectivity index (χ1v) is 10.5. The zero-order chi connectivity index (χ0) is 20.9. The third-order valence-corrected chi connectivity index (χ3v) is 5.34. The third-order valence-electron chi connectivity index (χ3n) is 5.34. The van der Waals surface area contributed by atoms with Crippen LogP contribution in [0.3, 0.4) is 0 Å². The molecule has 3 aromatic rings. The highest BCUT2D eigenvalue weighted by Gasteiger charge is 2.34. The van der Waals surface area contributed by atoms with Crippen LogP contribution in [0.5, 0.6) is 5.75 Å². The van der Waals surface area contributed by atoms with Crippen molar-refractivity contribution in [3.05, 3.63) is 65.5 Å². The van der Waals surface area contributed by atoms with Crippen molar-refractivity contribution in [3.8, 4) is 17.1 Å². The summed E-state index contributed by atoms with van der Waals surface area (Å²) in [6.45, 7) is 6.18. The molecule has 2 heterocycles. The van der Waals surface area contributed by atoms with E-state index < -0.39 is 0 Å². The van der Waals surface area contributed by atoms with Gasteiger partial charge in [-0.15, -0.1) is 0 Å². The van der Waals surface area contributed by atoms with Crippen LogP contribution in [0.2, 0.25) is 0 Å². The van der Waals surface area contributed by atoms with Crippen molar-refractivity contribution < 1.29 is 14.1 Å². The van der Waals surface area contributed by atoms with Crippen LogP contribution in [0.4, 0.5) is 0 Å². The van der Waals surface area contributed by atoms with E-state index >= 15 is 0 Å². The fourth-order valence-corrected chi connectivity index (χ4v) is 3.72. The number of hydrogen-bond donors (Lipinski definition) is 0. The largest absolute Gasteiger partial charge is 0.494 e. The first-order valence-electron chi connectivity index (χ1n) is 10.5. The van der Waals surface area contributed by atoms with Gasteiger partial charge in [-0.2, -0.15) is 4.98 Å². The summed E-state index contributed by atoms with van der Waals surface area (Å²) in [5.74, 6) is 1.99. The minimum atomic E-state index is -0.0524. The van der Waals surface area contributed by atoms with Crippen LogP contribution >= 0.6 is 0 Å². The Labute approximate surface area is 176 Å². The molecule has 6 heteroatoms. The zero-order valence-electron chi connectivity index (χ0n) is 17.5. The lowest BCUT2D eigenvalue weighted by molar-refractivity contribution is -0.127. The number of ether oxygens (including phenoxy) is 1. The average Bonchev–Trinajstić information content (AvgIpc) is 3.38. The fourth-order valence-electron chi connectivity index (χ4n) is 3.72. The maximum atomic E-state index is 12.5. The van der Waals surface area contributed by atoms with E-state index in [1.165, 1.54) is 11.1 Å². The van der Waals surface area contributed by atoms with E-state index in [4.69, 9.17) is 9.26 Å². The average molecular weight is 405 g/mol. The predicted molar refractivity (Wildman–Crippen MR) is 114 cm³/mol. The van der Waals surface area contributed by atoms with Gasteiger partial charge in [-0.3, -0.25) is 4.79 Å². The summed E-state index contributed by atoms with van der Waals surface area (Å²) in [6, 6.07) is 16.1. The van der Waals surface area contributed by atoms with E-state index in [2.05, 4.69) is 48.3 Å². The predicted octanol–water partition coefficient (Wildman–Crippen LogP) is 4.39. The molecule has 1 saturated heterocycles. The highest BCUT2D eigenvalue weighted by molar-refractivity contribution is 5.79. The summed E-state index contributed by atoms with van der Waals surface area (Å²) >= 11 is 0. The van der Waals surface area contributed by atoms with Crippen LogP contribution in [0.15, 0.2) is 53.1 Å². The van der Waals surface area contributed by atoms with Gasteiger partial charge in [0.1, 0.15) is 5.75 Å². The van der Waals surface area contributed by atoms with E-state index in [9.17, 15) is 4.79 Å². The van der Waals surface area contributed by atoms with Gasteiger partial charge in [-0.25, -0.2) is 0 Å². The Kier molecular flexibility index (Phi) is 6.12. The maximum absolute atomic E-state index is 12.5. The smallest absolute Gasteiger partial charge is 0.232 e. The number of likely N-dealkylation sites (tertiary alicyclic amines) is 1. The number of aryl methyl sites for hydroxylation is 1. The molecule has 1 atom stereocenters. The van der Waals surface area contributed by atoms with Crippen LogP contribution in [0.1, 0.15) is 42.7 Å². The number of rotatable bonds is 8. The summed E-state index contributed by atoms with van der Waals surface area (Å²) in [7, 11) is 0. The monoisotopic (exact) mass is 405 g/mol.